The Morgan fingerprint density at radius 1 is 0.963 bits per heavy atom. The average molecular weight is 364 g/mol. The molecular formula is C22H24N2O3. The summed E-state index contributed by atoms with van der Waals surface area (Å²) >= 11 is 0. The van der Waals surface area contributed by atoms with E-state index in [1.807, 2.05) is 51.1 Å². The second-order valence-electron chi connectivity index (χ2n) is 7.46. The van der Waals surface area contributed by atoms with Crippen molar-refractivity contribution in [1.29, 1.82) is 0 Å². The van der Waals surface area contributed by atoms with Crippen molar-refractivity contribution in [3.05, 3.63) is 71.3 Å². The Morgan fingerprint density at radius 2 is 1.48 bits per heavy atom. The van der Waals surface area contributed by atoms with E-state index in [0.29, 0.717) is 11.1 Å². The molecule has 0 fully saturated rings. The molecule has 0 bridgehead atoms. The fourth-order valence-corrected chi connectivity index (χ4v) is 3.13. The topological polar surface area (TPSA) is 66.5 Å². The van der Waals surface area contributed by atoms with E-state index in [1.54, 1.807) is 24.3 Å². The number of nitrogens with one attached hydrogen (secondary N) is 1. The molecule has 2 aromatic rings. The van der Waals surface area contributed by atoms with Crippen LogP contribution < -0.4 is 5.32 Å². The van der Waals surface area contributed by atoms with Gasteiger partial charge in [-0.25, -0.2) is 0 Å². The molecule has 0 aliphatic carbocycles. The van der Waals surface area contributed by atoms with E-state index < -0.39 is 23.4 Å². The summed E-state index contributed by atoms with van der Waals surface area (Å²) in [5, 5.41) is 2.99. The first-order valence-corrected chi connectivity index (χ1v) is 9.17. The standard InChI is InChI=1S/C22H24N2O3/c1-4-22(2,3)23-19(25)18(14-15-10-6-5-7-11-15)24-20(26)16-12-8-9-13-17(16)21(24)27/h5-13,18H,4,14H2,1-3H3,(H,23,25)/t18-/m1/s1. The van der Waals surface area contributed by atoms with Gasteiger partial charge < -0.3 is 5.32 Å². The van der Waals surface area contributed by atoms with E-state index in [4.69, 9.17) is 0 Å². The Bertz CT molecular complexity index is 839. The van der Waals surface area contributed by atoms with Gasteiger partial charge in [-0.05, 0) is 38.0 Å². The number of carbonyl (C=O) groups is 3. The summed E-state index contributed by atoms with van der Waals surface area (Å²) in [6.45, 7) is 5.83. The van der Waals surface area contributed by atoms with Gasteiger partial charge in [0.15, 0.2) is 0 Å². The zero-order valence-corrected chi connectivity index (χ0v) is 15.9. The van der Waals surface area contributed by atoms with Crippen LogP contribution in [0.4, 0.5) is 0 Å². The maximum Gasteiger partial charge on any atom is 0.262 e. The highest BCUT2D eigenvalue weighted by atomic mass is 16.2. The molecule has 1 heterocycles. The summed E-state index contributed by atoms with van der Waals surface area (Å²) in [5.41, 5.74) is 1.17. The number of rotatable bonds is 6. The van der Waals surface area contributed by atoms with Crippen LogP contribution in [0.2, 0.25) is 0 Å². The SMILES string of the molecule is CCC(C)(C)NC(=O)[C@@H](Cc1ccccc1)N1C(=O)c2ccccc2C1=O. The van der Waals surface area contributed by atoms with Crippen molar-refractivity contribution in [2.24, 2.45) is 0 Å². The van der Waals surface area contributed by atoms with Crippen molar-refractivity contribution in [3.8, 4) is 0 Å². The van der Waals surface area contributed by atoms with Gasteiger partial charge in [-0.1, -0.05) is 49.4 Å². The first-order valence-electron chi connectivity index (χ1n) is 9.17. The lowest BCUT2D eigenvalue weighted by atomic mass is 9.99. The molecule has 1 aliphatic heterocycles. The van der Waals surface area contributed by atoms with Crippen LogP contribution in [0.25, 0.3) is 0 Å². The summed E-state index contributed by atoms with van der Waals surface area (Å²) in [7, 11) is 0. The van der Waals surface area contributed by atoms with Gasteiger partial charge in [0.1, 0.15) is 6.04 Å². The Hall–Kier alpha value is -2.95. The smallest absolute Gasteiger partial charge is 0.262 e. The molecule has 5 heteroatoms. The highest BCUT2D eigenvalue weighted by Gasteiger charge is 2.43. The number of carbonyl (C=O) groups excluding carboxylic acids is 3. The summed E-state index contributed by atoms with van der Waals surface area (Å²) < 4.78 is 0. The molecule has 1 N–H and O–H groups in total. The maximum atomic E-state index is 13.1. The van der Waals surface area contributed by atoms with E-state index >= 15 is 0 Å². The van der Waals surface area contributed by atoms with Crippen LogP contribution in [0.15, 0.2) is 54.6 Å². The second-order valence-corrected chi connectivity index (χ2v) is 7.46. The van der Waals surface area contributed by atoms with Crippen LogP contribution in [-0.4, -0.2) is 34.2 Å². The lowest BCUT2D eigenvalue weighted by Crippen LogP contribution is -2.55. The summed E-state index contributed by atoms with van der Waals surface area (Å²) in [6, 6.07) is 15.2. The third-order valence-corrected chi connectivity index (χ3v) is 5.06. The molecule has 1 atom stereocenters. The minimum Gasteiger partial charge on any atom is -0.349 e. The van der Waals surface area contributed by atoms with E-state index in [2.05, 4.69) is 5.32 Å². The van der Waals surface area contributed by atoms with E-state index in [1.165, 1.54) is 0 Å². The van der Waals surface area contributed by atoms with Gasteiger partial charge in [-0.15, -0.1) is 0 Å². The van der Waals surface area contributed by atoms with Crippen LogP contribution in [0.1, 0.15) is 53.5 Å². The predicted molar refractivity (Wildman–Crippen MR) is 103 cm³/mol. The number of imide groups is 1. The normalized spacial score (nSPS) is 14.9. The van der Waals surface area contributed by atoms with Gasteiger partial charge in [0, 0.05) is 12.0 Å². The maximum absolute atomic E-state index is 13.1. The number of hydrogen-bond donors (Lipinski definition) is 1. The predicted octanol–water partition coefficient (Wildman–Crippen LogP) is 3.20. The van der Waals surface area contributed by atoms with Crippen LogP contribution in [0, 0.1) is 0 Å². The first kappa shape index (κ1) is 18.8. The lowest BCUT2D eigenvalue weighted by Gasteiger charge is -2.31. The molecule has 2 aromatic carbocycles. The number of fused-ring (bicyclic) bond motifs is 1. The molecule has 1 aliphatic rings. The van der Waals surface area contributed by atoms with Crippen molar-refractivity contribution in [3.63, 3.8) is 0 Å². The molecule has 5 nitrogen and oxygen atoms in total. The summed E-state index contributed by atoms with van der Waals surface area (Å²) in [5.74, 6) is -1.15. The fourth-order valence-electron chi connectivity index (χ4n) is 3.13. The number of nitrogens with zero attached hydrogens (tertiary/aromatic N) is 1. The molecule has 0 saturated carbocycles. The molecule has 3 rings (SSSR count). The minimum absolute atomic E-state index is 0.276. The number of amides is 3. The number of hydrogen-bond acceptors (Lipinski definition) is 3. The Kier molecular flexibility index (Phi) is 5.13. The lowest BCUT2D eigenvalue weighted by molar-refractivity contribution is -0.126. The molecule has 3 amide bonds. The molecule has 0 radical (unpaired) electrons. The zero-order chi connectivity index (χ0) is 19.6. The zero-order valence-electron chi connectivity index (χ0n) is 15.9. The van der Waals surface area contributed by atoms with Crippen molar-refractivity contribution >= 4 is 17.7 Å². The van der Waals surface area contributed by atoms with Gasteiger partial charge in [0.25, 0.3) is 11.8 Å². The van der Waals surface area contributed by atoms with Gasteiger partial charge in [0.2, 0.25) is 5.91 Å². The summed E-state index contributed by atoms with van der Waals surface area (Å²) in [6.07, 6.45) is 1.01. The van der Waals surface area contributed by atoms with E-state index in [0.717, 1.165) is 16.9 Å². The Balaban J connectivity index is 1.96. The van der Waals surface area contributed by atoms with Crippen molar-refractivity contribution in [1.82, 2.24) is 10.2 Å². The first-order chi connectivity index (χ1) is 12.8. The fraction of sp³-hybridized carbons (Fsp3) is 0.318. The molecule has 27 heavy (non-hydrogen) atoms. The van der Waals surface area contributed by atoms with Gasteiger partial charge in [0.05, 0.1) is 11.1 Å². The van der Waals surface area contributed by atoms with Crippen LogP contribution >= 0.6 is 0 Å². The number of benzene rings is 2. The van der Waals surface area contributed by atoms with Gasteiger partial charge in [-0.3, -0.25) is 19.3 Å². The molecule has 0 unspecified atom stereocenters. The van der Waals surface area contributed by atoms with Crippen molar-refractivity contribution < 1.29 is 14.4 Å². The quantitative estimate of drug-likeness (QED) is 0.801. The second kappa shape index (κ2) is 7.35. The van der Waals surface area contributed by atoms with Crippen molar-refractivity contribution in [2.45, 2.75) is 45.2 Å². The van der Waals surface area contributed by atoms with Gasteiger partial charge in [-0.2, -0.15) is 0 Å². The van der Waals surface area contributed by atoms with E-state index in [-0.39, 0.29) is 12.3 Å². The third kappa shape index (κ3) is 3.77. The van der Waals surface area contributed by atoms with Crippen LogP contribution in [-0.2, 0) is 11.2 Å². The highest BCUT2D eigenvalue weighted by molar-refractivity contribution is 6.22. The Morgan fingerprint density at radius 3 is 2.00 bits per heavy atom. The van der Waals surface area contributed by atoms with Crippen LogP contribution in [0.5, 0.6) is 0 Å². The van der Waals surface area contributed by atoms with E-state index in [9.17, 15) is 14.4 Å². The highest BCUT2D eigenvalue weighted by Crippen LogP contribution is 2.26. The molecular weight excluding hydrogens is 340 g/mol. The Labute approximate surface area is 159 Å². The molecule has 0 aromatic heterocycles. The van der Waals surface area contributed by atoms with Gasteiger partial charge >= 0.3 is 0 Å². The van der Waals surface area contributed by atoms with Crippen molar-refractivity contribution in [2.75, 3.05) is 0 Å². The largest absolute Gasteiger partial charge is 0.349 e. The third-order valence-electron chi connectivity index (χ3n) is 5.06. The molecule has 0 spiro atoms. The van der Waals surface area contributed by atoms with Crippen LogP contribution in [0.3, 0.4) is 0 Å². The average Bonchev–Trinajstić information content (AvgIpc) is 2.91. The monoisotopic (exact) mass is 364 g/mol. The molecule has 0 saturated heterocycles. The summed E-state index contributed by atoms with van der Waals surface area (Å²) in [4.78, 5) is 40.0. The molecule has 140 valence electrons. The minimum atomic E-state index is -0.898.